The Morgan fingerprint density at radius 3 is 2.39 bits per heavy atom. The molecule has 0 aliphatic heterocycles. The standard InChI is InChI=1S/C24H27N3O3S/c1-24(2,29)18-10-20(13-26-12-18)31(30,27-15-25)14-19(28)11-23-21-7-3-5-16(21)9-17-6-4-8-22(17)23/h9-10,12-13,29H,3-8,11,14H2,1-2H3. The SMILES string of the molecule is CC(C)(O)c1cncc(S(=O)(CC(=O)Cc2c3c(cc4c2CCC4)CCC3)=NC#N)c1. The Kier molecular flexibility index (Phi) is 5.71. The zero-order valence-electron chi connectivity index (χ0n) is 18.0. The quantitative estimate of drug-likeness (QED) is 0.698. The number of hydrogen-bond acceptors (Lipinski definition) is 6. The van der Waals surface area contributed by atoms with Crippen molar-refractivity contribution in [1.29, 1.82) is 5.26 Å². The lowest BCUT2D eigenvalue weighted by Gasteiger charge is -2.19. The summed E-state index contributed by atoms with van der Waals surface area (Å²) in [6.07, 6.45) is 11.0. The van der Waals surface area contributed by atoms with Crippen LogP contribution in [0.1, 0.15) is 60.1 Å². The summed E-state index contributed by atoms with van der Waals surface area (Å²) in [5.74, 6) is -0.525. The van der Waals surface area contributed by atoms with E-state index in [0.29, 0.717) is 5.56 Å². The predicted molar refractivity (Wildman–Crippen MR) is 118 cm³/mol. The van der Waals surface area contributed by atoms with Crippen molar-refractivity contribution in [2.24, 2.45) is 4.36 Å². The zero-order chi connectivity index (χ0) is 22.2. The van der Waals surface area contributed by atoms with Crippen LogP contribution < -0.4 is 0 Å². The van der Waals surface area contributed by atoms with Gasteiger partial charge in [-0.2, -0.15) is 5.26 Å². The predicted octanol–water partition coefficient (Wildman–Crippen LogP) is 3.41. The first-order chi connectivity index (χ1) is 14.7. The second-order valence-electron chi connectivity index (χ2n) is 9.00. The largest absolute Gasteiger partial charge is 0.386 e. The highest BCUT2D eigenvalue weighted by Crippen LogP contribution is 2.35. The maximum atomic E-state index is 13.6. The number of fused-ring (bicyclic) bond motifs is 2. The number of aromatic nitrogens is 1. The second-order valence-corrected chi connectivity index (χ2v) is 11.2. The lowest BCUT2D eigenvalue weighted by atomic mass is 9.91. The molecule has 162 valence electrons. The Bertz CT molecular complexity index is 1180. The van der Waals surface area contributed by atoms with E-state index in [9.17, 15) is 19.4 Å². The van der Waals surface area contributed by atoms with Gasteiger partial charge in [0.05, 0.1) is 26.0 Å². The van der Waals surface area contributed by atoms with Crippen LogP contribution in [0.5, 0.6) is 0 Å². The highest BCUT2D eigenvalue weighted by molar-refractivity contribution is 7.94. The van der Waals surface area contributed by atoms with Gasteiger partial charge in [0.1, 0.15) is 0 Å². The van der Waals surface area contributed by atoms with Crippen molar-refractivity contribution in [1.82, 2.24) is 4.98 Å². The number of nitriles is 1. The highest BCUT2D eigenvalue weighted by atomic mass is 32.2. The molecule has 6 nitrogen and oxygen atoms in total. The van der Waals surface area contributed by atoms with Crippen LogP contribution in [0.25, 0.3) is 0 Å². The summed E-state index contributed by atoms with van der Waals surface area (Å²) in [6, 6.07) is 3.85. The van der Waals surface area contributed by atoms with E-state index in [1.54, 1.807) is 20.0 Å². The van der Waals surface area contributed by atoms with E-state index in [2.05, 4.69) is 15.4 Å². The topological polar surface area (TPSA) is 103 Å². The number of rotatable bonds is 6. The summed E-state index contributed by atoms with van der Waals surface area (Å²) in [6.45, 7) is 3.19. The normalized spacial score (nSPS) is 16.8. The van der Waals surface area contributed by atoms with E-state index >= 15 is 0 Å². The monoisotopic (exact) mass is 437 g/mol. The van der Waals surface area contributed by atoms with Crippen molar-refractivity contribution in [3.8, 4) is 6.19 Å². The fraction of sp³-hybridized carbons (Fsp3) is 0.458. The number of nitrogens with zero attached hydrogens (tertiary/aromatic N) is 3. The van der Waals surface area contributed by atoms with E-state index in [0.717, 1.165) is 44.1 Å². The summed E-state index contributed by atoms with van der Waals surface area (Å²) in [7, 11) is -3.31. The van der Waals surface area contributed by atoms with E-state index < -0.39 is 15.3 Å². The van der Waals surface area contributed by atoms with Gasteiger partial charge in [0.2, 0.25) is 6.19 Å². The third-order valence-corrected chi connectivity index (χ3v) is 8.35. The molecule has 0 fully saturated rings. The molecule has 1 aromatic heterocycles. The summed E-state index contributed by atoms with van der Waals surface area (Å²) in [5, 5.41) is 19.4. The molecule has 2 aliphatic rings. The van der Waals surface area contributed by atoms with Crippen LogP contribution in [0.2, 0.25) is 0 Å². The maximum absolute atomic E-state index is 13.6. The average Bonchev–Trinajstić information content (AvgIpc) is 3.36. The molecule has 1 N–H and O–H groups in total. The smallest absolute Gasteiger partial charge is 0.214 e. The van der Waals surface area contributed by atoms with Crippen LogP contribution >= 0.6 is 0 Å². The van der Waals surface area contributed by atoms with Gasteiger partial charge in [-0.05, 0) is 86.3 Å². The molecule has 0 saturated heterocycles. The van der Waals surface area contributed by atoms with Crippen LogP contribution in [0.4, 0.5) is 0 Å². The molecule has 4 rings (SSSR count). The van der Waals surface area contributed by atoms with Crippen molar-refractivity contribution >= 4 is 15.5 Å². The minimum atomic E-state index is -3.31. The Morgan fingerprint density at radius 2 is 1.81 bits per heavy atom. The Labute approximate surface area is 183 Å². The summed E-state index contributed by atoms with van der Waals surface area (Å²) in [4.78, 5) is 17.4. The van der Waals surface area contributed by atoms with Gasteiger partial charge in [0, 0.05) is 24.4 Å². The molecule has 31 heavy (non-hydrogen) atoms. The molecular weight excluding hydrogens is 410 g/mol. The lowest BCUT2D eigenvalue weighted by Crippen LogP contribution is -2.21. The Balaban J connectivity index is 1.66. The first-order valence-electron chi connectivity index (χ1n) is 10.7. The average molecular weight is 438 g/mol. The number of aliphatic hydroxyl groups is 1. The highest BCUT2D eigenvalue weighted by Gasteiger charge is 2.27. The van der Waals surface area contributed by atoms with Crippen LogP contribution in [0.15, 0.2) is 33.8 Å². The van der Waals surface area contributed by atoms with Gasteiger partial charge in [-0.25, -0.2) is 4.21 Å². The minimum absolute atomic E-state index is 0.188. The first kappa shape index (κ1) is 21.7. The maximum Gasteiger partial charge on any atom is 0.214 e. The van der Waals surface area contributed by atoms with E-state index in [-0.39, 0.29) is 22.9 Å². The molecule has 2 aromatic rings. The molecule has 0 radical (unpaired) electrons. The van der Waals surface area contributed by atoms with Gasteiger partial charge in [0.15, 0.2) is 5.78 Å². The molecule has 1 unspecified atom stereocenters. The lowest BCUT2D eigenvalue weighted by molar-refractivity contribution is -0.116. The van der Waals surface area contributed by atoms with Crippen molar-refractivity contribution in [3.63, 3.8) is 0 Å². The first-order valence-corrected chi connectivity index (χ1v) is 12.4. The van der Waals surface area contributed by atoms with Gasteiger partial charge in [0.25, 0.3) is 0 Å². The van der Waals surface area contributed by atoms with Gasteiger partial charge < -0.3 is 5.11 Å². The van der Waals surface area contributed by atoms with Crippen LogP contribution in [-0.2, 0) is 52.2 Å². The van der Waals surface area contributed by atoms with E-state index in [1.165, 1.54) is 40.7 Å². The zero-order valence-corrected chi connectivity index (χ0v) is 18.8. The molecule has 0 amide bonds. The minimum Gasteiger partial charge on any atom is -0.386 e. The Hall–Kier alpha value is -2.56. The molecule has 7 heteroatoms. The number of pyridine rings is 1. The Morgan fingerprint density at radius 1 is 1.16 bits per heavy atom. The number of benzene rings is 1. The van der Waals surface area contributed by atoms with Gasteiger partial charge in [-0.1, -0.05) is 6.07 Å². The molecule has 1 atom stereocenters. The summed E-state index contributed by atoms with van der Waals surface area (Å²) < 4.78 is 17.3. The van der Waals surface area contributed by atoms with Crippen LogP contribution in [0.3, 0.4) is 0 Å². The number of carbonyl (C=O) groups excluding carboxylic acids is 1. The second kappa shape index (κ2) is 8.18. The van der Waals surface area contributed by atoms with Crippen LogP contribution in [0, 0.1) is 11.5 Å². The summed E-state index contributed by atoms with van der Waals surface area (Å²) in [5.41, 5.74) is 5.69. The molecule has 1 aromatic carbocycles. The number of aryl methyl sites for hydroxylation is 2. The number of ketones is 1. The molecule has 0 spiro atoms. The summed E-state index contributed by atoms with van der Waals surface area (Å²) >= 11 is 0. The van der Waals surface area contributed by atoms with E-state index in [1.807, 2.05) is 0 Å². The van der Waals surface area contributed by atoms with Crippen molar-refractivity contribution < 1.29 is 14.1 Å². The van der Waals surface area contributed by atoms with Crippen LogP contribution in [-0.4, -0.2) is 25.8 Å². The molecular formula is C24H27N3O3S. The van der Waals surface area contributed by atoms with Crippen molar-refractivity contribution in [3.05, 3.63) is 57.9 Å². The number of Topliss-reactive ketones (excluding diaryl/α,β-unsaturated/α-hetero) is 1. The number of carbonyl (C=O) groups is 1. The van der Waals surface area contributed by atoms with E-state index in [4.69, 9.17) is 0 Å². The van der Waals surface area contributed by atoms with Crippen molar-refractivity contribution in [2.75, 3.05) is 5.75 Å². The van der Waals surface area contributed by atoms with Gasteiger partial charge in [-0.15, -0.1) is 4.36 Å². The third-order valence-electron chi connectivity index (χ3n) is 6.30. The molecule has 0 bridgehead atoms. The third kappa shape index (κ3) is 4.28. The molecule has 1 heterocycles. The molecule has 2 aliphatic carbocycles. The van der Waals surface area contributed by atoms with Gasteiger partial charge >= 0.3 is 0 Å². The number of hydrogen-bond donors (Lipinski definition) is 1. The fourth-order valence-electron chi connectivity index (χ4n) is 4.78. The van der Waals surface area contributed by atoms with Gasteiger partial charge in [-0.3, -0.25) is 9.78 Å². The van der Waals surface area contributed by atoms with Crippen molar-refractivity contribution in [2.45, 2.75) is 69.3 Å². The fourth-order valence-corrected chi connectivity index (χ4v) is 6.32. The molecule has 0 saturated carbocycles.